The third-order valence-corrected chi connectivity index (χ3v) is 4.18. The van der Waals surface area contributed by atoms with Crippen LogP contribution in [-0.2, 0) is 14.8 Å². The van der Waals surface area contributed by atoms with Crippen molar-refractivity contribution in [2.45, 2.75) is 4.90 Å². The fraction of sp³-hybridized carbons (Fsp3) is 0. The average molecular weight is 330 g/mol. The average Bonchev–Trinajstić information content (AvgIpc) is 2.42. The summed E-state index contributed by atoms with van der Waals surface area (Å²) < 4.78 is 53.8. The van der Waals surface area contributed by atoms with E-state index in [1.54, 1.807) is 6.07 Å². The number of halogens is 3. The molecule has 0 heterocycles. The van der Waals surface area contributed by atoms with Crippen molar-refractivity contribution in [3.05, 3.63) is 53.1 Å². The smallest absolute Gasteiger partial charge is 0.210 e. The maximum absolute atomic E-state index is 14.1. The third-order valence-electron chi connectivity index (χ3n) is 2.64. The van der Waals surface area contributed by atoms with Crippen LogP contribution in [0.2, 0.25) is 5.02 Å². The lowest BCUT2D eigenvalue weighted by atomic mass is 10.0. The Labute approximate surface area is 123 Å². The van der Waals surface area contributed by atoms with E-state index < -0.39 is 32.1 Å². The molecule has 0 unspecified atom stereocenters. The standard InChI is InChI=1S/C13H6ClF2NO3S/c14-9-4-2-1-3-8(9)12-11(21(19,20)17-7-18)6-5-10(15)13(12)16/h1-6H. The molecule has 2 rings (SSSR count). The van der Waals surface area contributed by atoms with E-state index in [1.165, 1.54) is 18.2 Å². The van der Waals surface area contributed by atoms with E-state index in [9.17, 15) is 22.0 Å². The van der Waals surface area contributed by atoms with Crippen LogP contribution >= 0.6 is 11.6 Å². The Morgan fingerprint density at radius 3 is 2.38 bits per heavy atom. The summed E-state index contributed by atoms with van der Waals surface area (Å²) in [5.41, 5.74) is -0.615. The number of benzene rings is 2. The van der Waals surface area contributed by atoms with Gasteiger partial charge in [-0.25, -0.2) is 13.6 Å². The number of nitrogens with zero attached hydrogens (tertiary/aromatic N) is 1. The lowest BCUT2D eigenvalue weighted by Gasteiger charge is -2.10. The highest BCUT2D eigenvalue weighted by atomic mass is 35.5. The predicted octanol–water partition coefficient (Wildman–Crippen LogP) is 3.31. The summed E-state index contributed by atoms with van der Waals surface area (Å²) in [6.45, 7) is 0. The fourth-order valence-corrected chi connectivity index (χ4v) is 2.89. The van der Waals surface area contributed by atoms with E-state index in [0.717, 1.165) is 12.1 Å². The van der Waals surface area contributed by atoms with Crippen LogP contribution in [0, 0.1) is 11.6 Å². The summed E-state index contributed by atoms with van der Waals surface area (Å²) in [4.78, 5) is 9.53. The minimum atomic E-state index is -4.51. The Balaban J connectivity index is 2.91. The van der Waals surface area contributed by atoms with Gasteiger partial charge in [-0.15, -0.1) is 0 Å². The van der Waals surface area contributed by atoms with E-state index >= 15 is 0 Å². The molecule has 0 N–H and O–H groups in total. The Bertz CT molecular complexity index is 862. The van der Waals surface area contributed by atoms with Gasteiger partial charge in [-0.3, -0.25) is 0 Å². The lowest BCUT2D eigenvalue weighted by molar-refractivity contribution is 0.507. The van der Waals surface area contributed by atoms with Crippen LogP contribution in [0.1, 0.15) is 0 Å². The van der Waals surface area contributed by atoms with E-state index in [-0.39, 0.29) is 10.6 Å². The zero-order chi connectivity index (χ0) is 15.6. The number of isocyanates is 1. The van der Waals surface area contributed by atoms with Crippen LogP contribution in [-0.4, -0.2) is 14.5 Å². The number of hydrogen-bond acceptors (Lipinski definition) is 3. The topological polar surface area (TPSA) is 63.6 Å². The van der Waals surface area contributed by atoms with E-state index in [1.807, 2.05) is 0 Å². The van der Waals surface area contributed by atoms with Gasteiger partial charge in [-0.2, -0.15) is 8.42 Å². The molecule has 0 aromatic heterocycles. The Kier molecular flexibility index (Phi) is 4.18. The molecule has 0 fully saturated rings. The summed E-state index contributed by atoms with van der Waals surface area (Å²) >= 11 is 5.89. The van der Waals surface area contributed by atoms with Gasteiger partial charge in [0, 0.05) is 16.1 Å². The molecule has 0 atom stereocenters. The van der Waals surface area contributed by atoms with Crippen LogP contribution in [0.25, 0.3) is 11.1 Å². The van der Waals surface area contributed by atoms with Gasteiger partial charge in [-0.05, 0) is 18.2 Å². The van der Waals surface area contributed by atoms with Crippen molar-refractivity contribution in [3.8, 4) is 11.1 Å². The van der Waals surface area contributed by atoms with Crippen molar-refractivity contribution >= 4 is 27.7 Å². The minimum Gasteiger partial charge on any atom is -0.210 e. The van der Waals surface area contributed by atoms with Crippen molar-refractivity contribution in [2.24, 2.45) is 4.40 Å². The SMILES string of the molecule is O=C=NS(=O)(=O)c1ccc(F)c(F)c1-c1ccccc1Cl. The molecular formula is C13H6ClF2NO3S. The Morgan fingerprint density at radius 1 is 1.10 bits per heavy atom. The summed E-state index contributed by atoms with van der Waals surface area (Å²) in [7, 11) is -4.51. The summed E-state index contributed by atoms with van der Waals surface area (Å²) in [5, 5.41) is 0.0218. The van der Waals surface area contributed by atoms with E-state index in [2.05, 4.69) is 4.40 Å². The molecule has 0 radical (unpaired) electrons. The van der Waals surface area contributed by atoms with E-state index in [0.29, 0.717) is 6.07 Å². The fourth-order valence-electron chi connectivity index (χ4n) is 1.76. The second-order valence-corrected chi connectivity index (χ2v) is 5.85. The van der Waals surface area contributed by atoms with Gasteiger partial charge < -0.3 is 0 Å². The number of rotatable bonds is 3. The molecule has 8 heteroatoms. The summed E-state index contributed by atoms with van der Waals surface area (Å²) in [5.74, 6) is -2.65. The molecule has 0 amide bonds. The molecule has 4 nitrogen and oxygen atoms in total. The van der Waals surface area contributed by atoms with Crippen LogP contribution < -0.4 is 0 Å². The number of hydrogen-bond donors (Lipinski definition) is 0. The van der Waals surface area contributed by atoms with Gasteiger partial charge in [0.05, 0.1) is 0 Å². The predicted molar refractivity (Wildman–Crippen MR) is 72.1 cm³/mol. The second kappa shape index (κ2) is 5.73. The number of carbonyl (C=O) groups excluding carboxylic acids is 1. The molecule has 0 saturated carbocycles. The van der Waals surface area contributed by atoms with Gasteiger partial charge in [0.15, 0.2) is 11.6 Å². The normalized spacial score (nSPS) is 11.0. The van der Waals surface area contributed by atoms with Crippen molar-refractivity contribution in [2.75, 3.05) is 0 Å². The molecular weight excluding hydrogens is 324 g/mol. The van der Waals surface area contributed by atoms with Crippen LogP contribution in [0.4, 0.5) is 8.78 Å². The van der Waals surface area contributed by atoms with Crippen molar-refractivity contribution in [1.82, 2.24) is 0 Å². The van der Waals surface area contributed by atoms with Crippen LogP contribution in [0.3, 0.4) is 0 Å². The zero-order valence-corrected chi connectivity index (χ0v) is 11.8. The van der Waals surface area contributed by atoms with Crippen molar-refractivity contribution in [3.63, 3.8) is 0 Å². The summed E-state index contributed by atoms with van der Waals surface area (Å²) in [6.07, 6.45) is 0.872. The van der Waals surface area contributed by atoms with Gasteiger partial charge >= 0.3 is 0 Å². The molecule has 0 aliphatic rings. The quantitative estimate of drug-likeness (QED) is 0.641. The first-order valence-corrected chi connectivity index (χ1v) is 7.27. The molecule has 2 aromatic rings. The maximum Gasteiger partial charge on any atom is 0.293 e. The third kappa shape index (κ3) is 2.85. The van der Waals surface area contributed by atoms with Crippen LogP contribution in [0.15, 0.2) is 45.7 Å². The summed E-state index contributed by atoms with van der Waals surface area (Å²) in [6, 6.07) is 7.17. The zero-order valence-electron chi connectivity index (χ0n) is 10.2. The minimum absolute atomic E-state index is 0.0218. The van der Waals surface area contributed by atoms with Gasteiger partial charge in [0.2, 0.25) is 0 Å². The molecule has 21 heavy (non-hydrogen) atoms. The molecule has 0 spiro atoms. The van der Waals surface area contributed by atoms with E-state index in [4.69, 9.17) is 11.6 Å². The maximum atomic E-state index is 14.1. The number of sulfonamides is 1. The Hall–Kier alpha value is -2.08. The van der Waals surface area contributed by atoms with Gasteiger partial charge in [-0.1, -0.05) is 34.2 Å². The largest absolute Gasteiger partial charge is 0.293 e. The monoisotopic (exact) mass is 329 g/mol. The van der Waals surface area contributed by atoms with Crippen molar-refractivity contribution in [1.29, 1.82) is 0 Å². The molecule has 2 aromatic carbocycles. The first-order chi connectivity index (χ1) is 9.88. The molecule has 0 bridgehead atoms. The first kappa shape index (κ1) is 15.3. The molecule has 0 aliphatic carbocycles. The van der Waals surface area contributed by atoms with Crippen LogP contribution in [0.5, 0.6) is 0 Å². The molecule has 108 valence electrons. The highest BCUT2D eigenvalue weighted by molar-refractivity contribution is 7.90. The van der Waals surface area contributed by atoms with Crippen molar-refractivity contribution < 1.29 is 22.0 Å². The second-order valence-electron chi connectivity index (χ2n) is 3.87. The lowest BCUT2D eigenvalue weighted by Crippen LogP contribution is -2.03. The molecule has 0 aliphatic heterocycles. The Morgan fingerprint density at radius 2 is 1.76 bits per heavy atom. The first-order valence-electron chi connectivity index (χ1n) is 5.45. The highest BCUT2D eigenvalue weighted by Gasteiger charge is 2.25. The molecule has 0 saturated heterocycles. The van der Waals surface area contributed by atoms with Gasteiger partial charge in [0.25, 0.3) is 16.1 Å². The van der Waals surface area contributed by atoms with Gasteiger partial charge in [0.1, 0.15) is 4.90 Å². The highest BCUT2D eigenvalue weighted by Crippen LogP contribution is 2.36.